The molecule has 2 aromatic carbocycles. The van der Waals surface area contributed by atoms with E-state index in [0.29, 0.717) is 52.0 Å². The fourth-order valence-corrected chi connectivity index (χ4v) is 5.03. The predicted molar refractivity (Wildman–Crippen MR) is 169 cm³/mol. The molecule has 1 unspecified atom stereocenters. The average molecular weight is 629 g/mol. The maximum absolute atomic E-state index is 12.6. The van der Waals surface area contributed by atoms with E-state index in [1.54, 1.807) is 20.8 Å². The highest BCUT2D eigenvalue weighted by Crippen LogP contribution is 2.14. The van der Waals surface area contributed by atoms with Gasteiger partial charge in [0.05, 0.1) is 37.5 Å². The smallest absolute Gasteiger partial charge is 0.407 e. The number of hydrogen-bond donors (Lipinski definition) is 6. The number of alkyl carbamates (subject to hydrolysis) is 1. The highest BCUT2D eigenvalue weighted by Gasteiger charge is 2.27. The molecule has 248 valence electrons. The zero-order chi connectivity index (χ0) is 32.8. The van der Waals surface area contributed by atoms with Gasteiger partial charge in [0, 0.05) is 32.6 Å². The van der Waals surface area contributed by atoms with Crippen molar-refractivity contribution in [1.82, 2.24) is 20.9 Å². The van der Waals surface area contributed by atoms with Gasteiger partial charge in [0.25, 0.3) is 0 Å². The van der Waals surface area contributed by atoms with E-state index in [9.17, 15) is 29.7 Å². The van der Waals surface area contributed by atoms with Crippen LogP contribution in [0.25, 0.3) is 0 Å². The number of hydrogen-bond acceptors (Lipinski definition) is 8. The van der Waals surface area contributed by atoms with Crippen molar-refractivity contribution in [1.29, 1.82) is 0 Å². The molecule has 2 aromatic rings. The monoisotopic (exact) mass is 628 g/mol. The molecule has 45 heavy (non-hydrogen) atoms. The van der Waals surface area contributed by atoms with E-state index in [2.05, 4.69) is 16.0 Å². The van der Waals surface area contributed by atoms with Crippen LogP contribution >= 0.6 is 0 Å². The lowest BCUT2D eigenvalue weighted by molar-refractivity contribution is -0.135. The van der Waals surface area contributed by atoms with Gasteiger partial charge in [-0.2, -0.15) is 0 Å². The zero-order valence-electron chi connectivity index (χ0n) is 26.4. The van der Waals surface area contributed by atoms with Crippen molar-refractivity contribution in [2.45, 2.75) is 76.3 Å². The molecule has 0 radical (unpaired) electrons. The van der Waals surface area contributed by atoms with Crippen LogP contribution in [0.3, 0.4) is 0 Å². The van der Waals surface area contributed by atoms with E-state index in [1.807, 2.05) is 59.5 Å². The van der Waals surface area contributed by atoms with Crippen molar-refractivity contribution < 1.29 is 39.2 Å². The summed E-state index contributed by atoms with van der Waals surface area (Å²) in [4.78, 5) is 38.3. The third-order valence-electron chi connectivity index (χ3n) is 7.42. The van der Waals surface area contributed by atoms with Crippen LogP contribution in [0.5, 0.6) is 0 Å². The first kappa shape index (κ1) is 35.8. The standard InChI is InChI=1S/C33H48N4O8/c1-33(2,3)45-32(43)36-27(20-25-11-9-23(10-12-25)13-14-30(40)37-15-17-44-18-16-37)29(39)22-34-21-28(38)26(35-31(41)42)19-24-7-5-4-6-8-24/h4-12,26-29,34-35,38-39H,13-22H2,1-3H3,(H,36,43)(H,41,42)/t26-,27-,28+,29?/m0/s1. The van der Waals surface area contributed by atoms with Gasteiger partial charge in [0.2, 0.25) is 5.91 Å². The topological polar surface area (TPSA) is 170 Å². The lowest BCUT2D eigenvalue weighted by Gasteiger charge is -2.28. The number of nitrogens with one attached hydrogen (secondary N) is 3. The van der Waals surface area contributed by atoms with Crippen LogP contribution < -0.4 is 16.0 Å². The number of amides is 3. The Morgan fingerprint density at radius 3 is 1.93 bits per heavy atom. The number of rotatable bonds is 15. The number of carbonyl (C=O) groups is 3. The number of aliphatic hydroxyl groups excluding tert-OH is 2. The number of ether oxygens (including phenoxy) is 2. The molecule has 0 spiro atoms. The molecular weight excluding hydrogens is 580 g/mol. The molecule has 1 heterocycles. The minimum absolute atomic E-state index is 0.00582. The predicted octanol–water partition coefficient (Wildman–Crippen LogP) is 2.10. The summed E-state index contributed by atoms with van der Waals surface area (Å²) in [6.45, 7) is 7.65. The van der Waals surface area contributed by atoms with Gasteiger partial charge in [-0.3, -0.25) is 4.79 Å². The maximum Gasteiger partial charge on any atom is 0.407 e. The van der Waals surface area contributed by atoms with Crippen molar-refractivity contribution in [2.24, 2.45) is 0 Å². The molecule has 1 aliphatic rings. The van der Waals surface area contributed by atoms with Gasteiger partial charge in [-0.05, 0) is 56.7 Å². The Morgan fingerprint density at radius 1 is 0.844 bits per heavy atom. The van der Waals surface area contributed by atoms with E-state index in [4.69, 9.17) is 9.47 Å². The van der Waals surface area contributed by atoms with E-state index in [0.717, 1.165) is 16.7 Å². The van der Waals surface area contributed by atoms with Crippen LogP contribution in [0, 0.1) is 0 Å². The first-order valence-electron chi connectivity index (χ1n) is 15.4. The molecule has 1 aliphatic heterocycles. The highest BCUT2D eigenvalue weighted by molar-refractivity contribution is 5.76. The van der Waals surface area contributed by atoms with Crippen LogP contribution in [0.1, 0.15) is 43.9 Å². The maximum atomic E-state index is 12.6. The van der Waals surface area contributed by atoms with Crippen LogP contribution in [-0.4, -0.2) is 108 Å². The number of benzene rings is 2. The highest BCUT2D eigenvalue weighted by atomic mass is 16.6. The van der Waals surface area contributed by atoms with Crippen LogP contribution in [0.15, 0.2) is 54.6 Å². The van der Waals surface area contributed by atoms with Crippen LogP contribution in [0.4, 0.5) is 9.59 Å². The van der Waals surface area contributed by atoms with Crippen molar-refractivity contribution in [3.05, 3.63) is 71.3 Å². The number of nitrogens with zero attached hydrogens (tertiary/aromatic N) is 1. The Kier molecular flexibility index (Phi) is 14.1. The Bertz CT molecular complexity index is 1200. The first-order chi connectivity index (χ1) is 21.4. The van der Waals surface area contributed by atoms with E-state index < -0.39 is 42.1 Å². The summed E-state index contributed by atoms with van der Waals surface area (Å²) in [7, 11) is 0. The Morgan fingerprint density at radius 2 is 1.38 bits per heavy atom. The van der Waals surface area contributed by atoms with Gasteiger partial charge >= 0.3 is 12.2 Å². The second-order valence-electron chi connectivity index (χ2n) is 12.3. The van der Waals surface area contributed by atoms with E-state index >= 15 is 0 Å². The molecule has 3 amide bonds. The molecular formula is C33H48N4O8. The summed E-state index contributed by atoms with van der Waals surface area (Å²) in [6, 6.07) is 15.4. The van der Waals surface area contributed by atoms with Gasteiger partial charge in [-0.25, -0.2) is 9.59 Å². The molecule has 0 aromatic heterocycles. The van der Waals surface area contributed by atoms with Gasteiger partial charge in [0.15, 0.2) is 0 Å². The van der Waals surface area contributed by atoms with E-state index in [1.165, 1.54) is 0 Å². The van der Waals surface area contributed by atoms with Crippen molar-refractivity contribution >= 4 is 18.1 Å². The largest absolute Gasteiger partial charge is 0.465 e. The van der Waals surface area contributed by atoms with Crippen LogP contribution in [-0.2, 0) is 33.5 Å². The second kappa shape index (κ2) is 17.7. The molecule has 0 saturated carbocycles. The fourth-order valence-electron chi connectivity index (χ4n) is 5.03. The van der Waals surface area contributed by atoms with Gasteiger partial charge < -0.3 is 45.6 Å². The van der Waals surface area contributed by atoms with Crippen LogP contribution in [0.2, 0.25) is 0 Å². The summed E-state index contributed by atoms with van der Waals surface area (Å²) in [5.41, 5.74) is 2.01. The SMILES string of the molecule is CC(C)(C)OC(=O)N[C@@H](Cc1ccc(CCC(=O)N2CCOCC2)cc1)C(O)CNC[C@@H](O)[C@H](Cc1ccccc1)NC(=O)O. The average Bonchev–Trinajstić information content (AvgIpc) is 2.99. The molecule has 6 N–H and O–H groups in total. The number of carbonyl (C=O) groups excluding carboxylic acids is 2. The van der Waals surface area contributed by atoms with Crippen molar-refractivity contribution in [2.75, 3.05) is 39.4 Å². The second-order valence-corrected chi connectivity index (χ2v) is 12.3. The minimum atomic E-state index is -1.24. The van der Waals surface area contributed by atoms with Crippen molar-refractivity contribution in [3.63, 3.8) is 0 Å². The molecule has 4 atom stereocenters. The Hall–Kier alpha value is -3.71. The Labute approximate surface area is 265 Å². The fraction of sp³-hybridized carbons (Fsp3) is 0.545. The van der Waals surface area contributed by atoms with Crippen molar-refractivity contribution in [3.8, 4) is 0 Å². The number of aliphatic hydroxyl groups is 2. The molecule has 12 heteroatoms. The number of morpholine rings is 1. The quantitative estimate of drug-likeness (QED) is 0.173. The molecule has 3 rings (SSSR count). The summed E-state index contributed by atoms with van der Waals surface area (Å²) in [5, 5.41) is 39.3. The normalized spacial score (nSPS) is 16.2. The lowest BCUT2D eigenvalue weighted by Crippen LogP contribution is -2.52. The van der Waals surface area contributed by atoms with Gasteiger partial charge in [-0.1, -0.05) is 54.6 Å². The summed E-state index contributed by atoms with van der Waals surface area (Å²) >= 11 is 0. The minimum Gasteiger partial charge on any atom is -0.465 e. The molecule has 1 fully saturated rings. The molecule has 12 nitrogen and oxygen atoms in total. The molecule has 0 bridgehead atoms. The summed E-state index contributed by atoms with van der Waals surface area (Å²) < 4.78 is 10.7. The third kappa shape index (κ3) is 13.4. The summed E-state index contributed by atoms with van der Waals surface area (Å²) in [5.74, 6) is 0.106. The zero-order valence-corrected chi connectivity index (χ0v) is 26.4. The Balaban J connectivity index is 1.58. The van der Waals surface area contributed by atoms with Gasteiger partial charge in [-0.15, -0.1) is 0 Å². The lowest BCUT2D eigenvalue weighted by atomic mass is 9.98. The molecule has 1 saturated heterocycles. The third-order valence-corrected chi connectivity index (χ3v) is 7.42. The number of aryl methyl sites for hydroxylation is 1. The number of carboxylic acid groups (broad SMARTS) is 1. The van der Waals surface area contributed by atoms with E-state index in [-0.39, 0.29) is 19.0 Å². The summed E-state index contributed by atoms with van der Waals surface area (Å²) in [6.07, 6.45) is -2.44. The van der Waals surface area contributed by atoms with Gasteiger partial charge in [0.1, 0.15) is 5.60 Å². The first-order valence-corrected chi connectivity index (χ1v) is 15.4. The molecule has 0 aliphatic carbocycles.